The van der Waals surface area contributed by atoms with E-state index in [0.717, 1.165) is 0 Å². The minimum absolute atomic E-state index is 0.0909. The van der Waals surface area contributed by atoms with E-state index in [4.69, 9.17) is 0 Å². The Morgan fingerprint density at radius 3 is 2.17 bits per heavy atom. The van der Waals surface area contributed by atoms with Crippen molar-refractivity contribution in [2.45, 2.75) is 0 Å². The van der Waals surface area contributed by atoms with Crippen molar-refractivity contribution in [3.8, 4) is 0 Å². The van der Waals surface area contributed by atoms with E-state index in [1.165, 1.54) is 36.4 Å². The van der Waals surface area contributed by atoms with E-state index in [2.05, 4.69) is 0 Å². The Balaban J connectivity index is 2.62. The zero-order valence-corrected chi connectivity index (χ0v) is 11.1. The van der Waals surface area contributed by atoms with Crippen molar-refractivity contribution in [2.75, 3.05) is 0 Å². The Hall–Kier alpha value is -1.84. The first-order valence-corrected chi connectivity index (χ1v) is 8.64. The van der Waals surface area contributed by atoms with Gasteiger partial charge in [0.2, 0.25) is 0 Å². The third-order valence-electron chi connectivity index (χ3n) is 2.51. The standard InChI is InChI=1S/C12H10AsNO4/c15-13(16,10-6-2-1-3-7-10)11-8-4-5-9-12(11)14(17)18/h1-9H,(H,15,16). The molecule has 0 aromatic heterocycles. The van der Waals surface area contributed by atoms with Gasteiger partial charge in [-0.15, -0.1) is 0 Å². The molecule has 0 fully saturated rings. The number of hydrogen-bond donors (Lipinski definition) is 1. The summed E-state index contributed by atoms with van der Waals surface area (Å²) >= 11 is -4.64. The molecule has 18 heavy (non-hydrogen) atoms. The summed E-state index contributed by atoms with van der Waals surface area (Å²) in [6.45, 7) is 0. The van der Waals surface area contributed by atoms with Gasteiger partial charge in [0, 0.05) is 0 Å². The molecule has 0 aliphatic rings. The van der Waals surface area contributed by atoms with Crippen LogP contribution in [-0.2, 0) is 3.74 Å². The molecule has 0 radical (unpaired) electrons. The first kappa shape index (κ1) is 12.6. The number of rotatable bonds is 3. The van der Waals surface area contributed by atoms with Crippen LogP contribution in [0.15, 0.2) is 54.6 Å². The van der Waals surface area contributed by atoms with Crippen molar-refractivity contribution in [1.29, 1.82) is 0 Å². The minimum atomic E-state index is -4.64. The Kier molecular flexibility index (Phi) is 3.36. The SMILES string of the molecule is O=[N+]([O-])c1ccccc1[As](=O)(O)c1ccccc1. The fourth-order valence-electron chi connectivity index (χ4n) is 1.64. The third kappa shape index (κ3) is 2.23. The summed E-state index contributed by atoms with van der Waals surface area (Å²) in [4.78, 5) is 10.2. The number of para-hydroxylation sites is 1. The molecule has 0 saturated heterocycles. The molecule has 1 N–H and O–H groups in total. The molecule has 6 heteroatoms. The van der Waals surface area contributed by atoms with Crippen molar-refractivity contribution in [3.63, 3.8) is 0 Å². The van der Waals surface area contributed by atoms with E-state index in [0.29, 0.717) is 0 Å². The quantitative estimate of drug-likeness (QED) is 0.511. The summed E-state index contributed by atoms with van der Waals surface area (Å²) in [6, 6.07) is 13.6. The monoisotopic (exact) mass is 307 g/mol. The molecule has 0 saturated carbocycles. The van der Waals surface area contributed by atoms with Crippen LogP contribution in [0.3, 0.4) is 0 Å². The second-order valence-electron chi connectivity index (χ2n) is 3.66. The number of benzene rings is 2. The van der Waals surface area contributed by atoms with E-state index < -0.39 is 18.8 Å². The molecule has 0 spiro atoms. The molecule has 2 aromatic rings. The molecule has 5 nitrogen and oxygen atoms in total. The molecule has 2 rings (SSSR count). The van der Waals surface area contributed by atoms with Crippen LogP contribution < -0.4 is 8.70 Å². The van der Waals surface area contributed by atoms with Crippen LogP contribution in [-0.4, -0.2) is 22.9 Å². The molecule has 0 heterocycles. The van der Waals surface area contributed by atoms with Gasteiger partial charge in [0.05, 0.1) is 0 Å². The molecule has 0 bridgehead atoms. The molecule has 0 aliphatic carbocycles. The van der Waals surface area contributed by atoms with Crippen molar-refractivity contribution in [2.24, 2.45) is 0 Å². The molecule has 1 unspecified atom stereocenters. The summed E-state index contributed by atoms with van der Waals surface area (Å²) in [5, 5.41) is 10.9. The van der Waals surface area contributed by atoms with Crippen molar-refractivity contribution < 1.29 is 12.8 Å². The first-order chi connectivity index (χ1) is 8.53. The maximum absolute atomic E-state index is 12.5. The molecular weight excluding hydrogens is 297 g/mol. The van der Waals surface area contributed by atoms with Crippen LogP contribution in [0, 0.1) is 10.1 Å². The Labute approximate surface area is 106 Å². The molecular formula is C12H10AsNO4. The van der Waals surface area contributed by atoms with Crippen LogP contribution in [0.25, 0.3) is 0 Å². The molecule has 92 valence electrons. The predicted octanol–water partition coefficient (Wildman–Crippen LogP) is 0.574. The number of nitro benzene ring substituents is 1. The van der Waals surface area contributed by atoms with Crippen LogP contribution in [0.2, 0.25) is 0 Å². The van der Waals surface area contributed by atoms with Crippen molar-refractivity contribution in [3.05, 3.63) is 64.7 Å². The van der Waals surface area contributed by atoms with Gasteiger partial charge < -0.3 is 0 Å². The zero-order chi connectivity index (χ0) is 13.2. The average Bonchev–Trinajstić information content (AvgIpc) is 2.39. The van der Waals surface area contributed by atoms with E-state index in [1.807, 2.05) is 0 Å². The van der Waals surface area contributed by atoms with Gasteiger partial charge in [-0.1, -0.05) is 0 Å². The van der Waals surface area contributed by atoms with Gasteiger partial charge >= 0.3 is 106 Å². The summed E-state index contributed by atoms with van der Waals surface area (Å²) in [6.07, 6.45) is 0. The van der Waals surface area contributed by atoms with Crippen molar-refractivity contribution in [1.82, 2.24) is 0 Å². The molecule has 0 aliphatic heterocycles. The van der Waals surface area contributed by atoms with Crippen molar-refractivity contribution >= 4 is 28.2 Å². The van der Waals surface area contributed by atoms with E-state index in [-0.39, 0.29) is 14.4 Å². The third-order valence-corrected chi connectivity index (χ3v) is 6.77. The van der Waals surface area contributed by atoms with E-state index in [1.54, 1.807) is 18.2 Å². The number of hydrogen-bond acceptors (Lipinski definition) is 3. The predicted molar refractivity (Wildman–Crippen MR) is 67.5 cm³/mol. The van der Waals surface area contributed by atoms with Gasteiger partial charge in [-0.3, -0.25) is 0 Å². The average molecular weight is 307 g/mol. The number of nitro groups is 1. The van der Waals surface area contributed by atoms with Crippen LogP contribution in [0.4, 0.5) is 5.69 Å². The van der Waals surface area contributed by atoms with Gasteiger partial charge in [-0.2, -0.15) is 0 Å². The Bertz CT molecular complexity index is 627. The summed E-state index contributed by atoms with van der Waals surface area (Å²) < 4.78 is 22.8. The summed E-state index contributed by atoms with van der Waals surface area (Å²) in [7, 11) is 0. The normalized spacial score (nSPS) is 13.8. The summed E-state index contributed by atoms with van der Waals surface area (Å²) in [5.74, 6) is 0. The zero-order valence-electron chi connectivity index (χ0n) is 9.26. The first-order valence-electron chi connectivity index (χ1n) is 5.16. The van der Waals surface area contributed by atoms with Gasteiger partial charge in [0.25, 0.3) is 0 Å². The fourth-order valence-corrected chi connectivity index (χ4v) is 5.02. The van der Waals surface area contributed by atoms with Gasteiger partial charge in [0.15, 0.2) is 0 Å². The van der Waals surface area contributed by atoms with Gasteiger partial charge in [0.1, 0.15) is 0 Å². The van der Waals surface area contributed by atoms with Gasteiger partial charge in [-0.25, -0.2) is 0 Å². The molecule has 2 aromatic carbocycles. The van der Waals surface area contributed by atoms with Gasteiger partial charge in [-0.05, 0) is 0 Å². The fraction of sp³-hybridized carbons (Fsp3) is 0. The Morgan fingerprint density at radius 2 is 1.56 bits per heavy atom. The van der Waals surface area contributed by atoms with E-state index >= 15 is 0 Å². The second kappa shape index (κ2) is 4.80. The summed E-state index contributed by atoms with van der Waals surface area (Å²) in [5.41, 5.74) is -0.314. The Morgan fingerprint density at radius 1 is 1.00 bits per heavy atom. The maximum atomic E-state index is 12.5. The topological polar surface area (TPSA) is 80.4 Å². The van der Waals surface area contributed by atoms with Crippen LogP contribution in [0.5, 0.6) is 0 Å². The second-order valence-corrected chi connectivity index (χ2v) is 8.17. The van der Waals surface area contributed by atoms with Crippen LogP contribution >= 0.6 is 0 Å². The van der Waals surface area contributed by atoms with E-state index in [9.17, 15) is 17.9 Å². The molecule has 0 amide bonds. The molecule has 1 atom stereocenters. The number of nitrogens with zero attached hydrogens (tertiary/aromatic N) is 1. The van der Waals surface area contributed by atoms with Crippen LogP contribution in [0.1, 0.15) is 0 Å².